The predicted molar refractivity (Wildman–Crippen MR) is 123 cm³/mol. The van der Waals surface area contributed by atoms with Crippen LogP contribution < -0.4 is 10.6 Å². The molecule has 2 aromatic heterocycles. The van der Waals surface area contributed by atoms with Crippen molar-refractivity contribution < 1.29 is 4.79 Å². The van der Waals surface area contributed by atoms with Crippen molar-refractivity contribution in [1.29, 1.82) is 0 Å². The number of carbonyl (C=O) groups is 1. The highest BCUT2D eigenvalue weighted by Crippen LogP contribution is 2.25. The minimum absolute atomic E-state index is 0. The average molecular weight is 440 g/mol. The molecule has 5 rings (SSSR count). The van der Waals surface area contributed by atoms with E-state index in [0.717, 1.165) is 24.5 Å². The van der Waals surface area contributed by atoms with Crippen molar-refractivity contribution in [3.05, 3.63) is 75.9 Å². The second kappa shape index (κ2) is 8.55. The molecule has 30 heavy (non-hydrogen) atoms. The average Bonchev–Trinajstić information content (AvgIpc) is 3.32. The maximum Gasteiger partial charge on any atom is 0.257 e. The highest BCUT2D eigenvalue weighted by atomic mass is 35.5. The summed E-state index contributed by atoms with van der Waals surface area (Å²) in [6.07, 6.45) is 3.78. The number of hydrogen-bond donors (Lipinski definition) is 2. The van der Waals surface area contributed by atoms with Crippen LogP contribution in [0.1, 0.15) is 32.1 Å². The lowest BCUT2D eigenvalue weighted by atomic mass is 9.98. The Morgan fingerprint density at radius 1 is 1.20 bits per heavy atom. The van der Waals surface area contributed by atoms with Gasteiger partial charge in [0.2, 0.25) is 5.13 Å². The summed E-state index contributed by atoms with van der Waals surface area (Å²) in [4.78, 5) is 12.7. The first-order valence-corrected chi connectivity index (χ1v) is 10.5. The first kappa shape index (κ1) is 20.5. The SMILES string of the molecule is Cl.Cn1cc(Cc2nnc(NC(=O)c3ccc4c(c3)CCNC4)s2)c2ccccc21. The number of aryl methyl sites for hydroxylation is 1. The van der Waals surface area contributed by atoms with Gasteiger partial charge in [0.05, 0.1) is 0 Å². The topological polar surface area (TPSA) is 71.8 Å². The Balaban J connectivity index is 0.00000218. The molecule has 8 heteroatoms. The van der Waals surface area contributed by atoms with Gasteiger partial charge in [-0.05, 0) is 47.9 Å². The van der Waals surface area contributed by atoms with Crippen LogP contribution in [0.2, 0.25) is 0 Å². The zero-order valence-electron chi connectivity index (χ0n) is 16.5. The number of para-hydroxylation sites is 1. The van der Waals surface area contributed by atoms with E-state index in [0.29, 0.717) is 17.1 Å². The van der Waals surface area contributed by atoms with Crippen molar-refractivity contribution in [2.24, 2.45) is 7.05 Å². The minimum atomic E-state index is -0.140. The van der Waals surface area contributed by atoms with Crippen molar-refractivity contribution in [3.63, 3.8) is 0 Å². The fraction of sp³-hybridized carbons (Fsp3) is 0.227. The number of nitrogens with zero attached hydrogens (tertiary/aromatic N) is 3. The molecule has 0 fully saturated rings. The van der Waals surface area contributed by atoms with Crippen LogP contribution in [0, 0.1) is 0 Å². The summed E-state index contributed by atoms with van der Waals surface area (Å²) in [5.41, 5.74) is 5.58. The maximum atomic E-state index is 12.7. The fourth-order valence-corrected chi connectivity index (χ4v) is 4.65. The standard InChI is InChI=1S/C22H21N5OS.ClH/c1-27-13-17(18-4-2-3-5-19(18)27)11-20-25-26-22(29-20)24-21(28)15-6-7-16-12-23-9-8-14(16)10-15;/h2-7,10,13,23H,8-9,11-12H2,1H3,(H,24,26,28);1H. The molecule has 2 aromatic carbocycles. The van der Waals surface area contributed by atoms with Crippen LogP contribution in [-0.2, 0) is 26.4 Å². The molecule has 0 spiro atoms. The van der Waals surface area contributed by atoms with Gasteiger partial charge >= 0.3 is 0 Å². The van der Waals surface area contributed by atoms with Gasteiger partial charge in [0, 0.05) is 42.7 Å². The molecular formula is C22H22ClN5OS. The third-order valence-corrected chi connectivity index (χ3v) is 6.20. The maximum absolute atomic E-state index is 12.7. The fourth-order valence-electron chi connectivity index (χ4n) is 3.89. The molecule has 6 nitrogen and oxygen atoms in total. The lowest BCUT2D eigenvalue weighted by Gasteiger charge is -2.17. The van der Waals surface area contributed by atoms with E-state index in [9.17, 15) is 4.79 Å². The Labute approximate surface area is 184 Å². The zero-order valence-corrected chi connectivity index (χ0v) is 18.1. The Morgan fingerprint density at radius 2 is 2.07 bits per heavy atom. The highest BCUT2D eigenvalue weighted by Gasteiger charge is 2.15. The van der Waals surface area contributed by atoms with Crippen LogP contribution in [0.3, 0.4) is 0 Å². The van der Waals surface area contributed by atoms with Crippen LogP contribution in [-0.4, -0.2) is 27.2 Å². The Hall–Kier alpha value is -2.74. The van der Waals surface area contributed by atoms with E-state index in [1.54, 1.807) is 0 Å². The number of halogens is 1. The van der Waals surface area contributed by atoms with Gasteiger partial charge in [0.15, 0.2) is 0 Å². The molecule has 0 saturated heterocycles. The van der Waals surface area contributed by atoms with E-state index in [2.05, 4.69) is 43.7 Å². The molecule has 1 aliphatic rings. The number of benzene rings is 2. The molecular weight excluding hydrogens is 418 g/mol. The van der Waals surface area contributed by atoms with Crippen LogP contribution in [0.5, 0.6) is 0 Å². The Kier molecular flexibility index (Phi) is 5.85. The van der Waals surface area contributed by atoms with Gasteiger partial charge in [-0.2, -0.15) is 0 Å². The molecule has 1 aliphatic heterocycles. The number of carbonyl (C=O) groups excluding carboxylic acids is 1. The van der Waals surface area contributed by atoms with Crippen molar-refractivity contribution >= 4 is 45.7 Å². The molecule has 0 unspecified atom stereocenters. The lowest BCUT2D eigenvalue weighted by Crippen LogP contribution is -2.24. The van der Waals surface area contributed by atoms with Crippen molar-refractivity contribution in [1.82, 2.24) is 20.1 Å². The van der Waals surface area contributed by atoms with Crippen molar-refractivity contribution in [2.75, 3.05) is 11.9 Å². The monoisotopic (exact) mass is 439 g/mol. The molecule has 154 valence electrons. The predicted octanol–water partition coefficient (Wildman–Crippen LogP) is 3.94. The third-order valence-electron chi connectivity index (χ3n) is 5.36. The zero-order chi connectivity index (χ0) is 19.8. The Morgan fingerprint density at radius 3 is 2.97 bits per heavy atom. The number of fused-ring (bicyclic) bond motifs is 2. The third kappa shape index (κ3) is 3.96. The highest BCUT2D eigenvalue weighted by molar-refractivity contribution is 7.15. The molecule has 0 aliphatic carbocycles. The van der Waals surface area contributed by atoms with E-state index in [1.165, 1.54) is 38.9 Å². The smallest absolute Gasteiger partial charge is 0.257 e. The number of nitrogens with one attached hydrogen (secondary N) is 2. The number of rotatable bonds is 4. The van der Waals surface area contributed by atoms with Gasteiger partial charge < -0.3 is 9.88 Å². The van der Waals surface area contributed by atoms with E-state index < -0.39 is 0 Å². The number of anilines is 1. The summed E-state index contributed by atoms with van der Waals surface area (Å²) in [6.45, 7) is 1.82. The first-order chi connectivity index (χ1) is 14.2. The number of aromatic nitrogens is 3. The summed E-state index contributed by atoms with van der Waals surface area (Å²) in [6, 6.07) is 14.2. The normalized spacial score (nSPS) is 13.0. The molecule has 1 amide bonds. The molecule has 0 bridgehead atoms. The van der Waals surface area contributed by atoms with Gasteiger partial charge in [0.1, 0.15) is 5.01 Å². The minimum Gasteiger partial charge on any atom is -0.350 e. The van der Waals surface area contributed by atoms with Crippen LogP contribution in [0.25, 0.3) is 10.9 Å². The van der Waals surface area contributed by atoms with Crippen LogP contribution in [0.15, 0.2) is 48.7 Å². The van der Waals surface area contributed by atoms with Crippen molar-refractivity contribution in [3.8, 4) is 0 Å². The second-order valence-corrected chi connectivity index (χ2v) is 8.39. The van der Waals surface area contributed by atoms with E-state index in [1.807, 2.05) is 37.4 Å². The molecule has 0 atom stereocenters. The van der Waals surface area contributed by atoms with Crippen molar-refractivity contribution in [2.45, 2.75) is 19.4 Å². The molecule has 3 heterocycles. The van der Waals surface area contributed by atoms with Gasteiger partial charge in [-0.1, -0.05) is 35.6 Å². The quantitative estimate of drug-likeness (QED) is 0.505. The van der Waals surface area contributed by atoms with Gasteiger partial charge in [-0.25, -0.2) is 0 Å². The lowest BCUT2D eigenvalue weighted by molar-refractivity contribution is 0.102. The Bertz CT molecular complexity index is 1220. The van der Waals surface area contributed by atoms with Crippen LogP contribution in [0.4, 0.5) is 5.13 Å². The largest absolute Gasteiger partial charge is 0.350 e. The first-order valence-electron chi connectivity index (χ1n) is 9.66. The van der Waals surface area contributed by atoms with E-state index >= 15 is 0 Å². The van der Waals surface area contributed by atoms with Gasteiger partial charge in [-0.15, -0.1) is 22.6 Å². The van der Waals surface area contributed by atoms with Crippen LogP contribution >= 0.6 is 23.7 Å². The van der Waals surface area contributed by atoms with E-state index in [-0.39, 0.29) is 18.3 Å². The molecule has 0 saturated carbocycles. The molecule has 2 N–H and O–H groups in total. The van der Waals surface area contributed by atoms with Gasteiger partial charge in [0.25, 0.3) is 5.91 Å². The summed E-state index contributed by atoms with van der Waals surface area (Å²) >= 11 is 1.42. The summed E-state index contributed by atoms with van der Waals surface area (Å²) in [7, 11) is 2.05. The molecule has 0 radical (unpaired) electrons. The molecule has 4 aromatic rings. The van der Waals surface area contributed by atoms with Gasteiger partial charge in [-0.3, -0.25) is 10.1 Å². The second-order valence-electron chi connectivity index (χ2n) is 7.32. The van der Waals surface area contributed by atoms with E-state index in [4.69, 9.17) is 0 Å². The number of amides is 1. The number of hydrogen-bond acceptors (Lipinski definition) is 5. The summed E-state index contributed by atoms with van der Waals surface area (Å²) < 4.78 is 2.12. The summed E-state index contributed by atoms with van der Waals surface area (Å²) in [5, 5.41) is 17.3. The summed E-state index contributed by atoms with van der Waals surface area (Å²) in [5.74, 6) is -0.140.